The monoisotopic (exact) mass is 290 g/mol. The Bertz CT molecular complexity index is 538. The molecule has 2 nitrogen and oxygen atoms in total. The van der Waals surface area contributed by atoms with Crippen LogP contribution in [0.25, 0.3) is 0 Å². The molecule has 2 atom stereocenters. The van der Waals surface area contributed by atoms with Crippen LogP contribution in [0.3, 0.4) is 0 Å². The van der Waals surface area contributed by atoms with Crippen LogP contribution in [0.5, 0.6) is 0 Å². The van der Waals surface area contributed by atoms with Crippen molar-refractivity contribution in [1.29, 1.82) is 0 Å². The van der Waals surface area contributed by atoms with Gasteiger partial charge in [0, 0.05) is 36.5 Å². The molecule has 106 valence electrons. The Kier molecular flexibility index (Phi) is 4.15. The molecule has 2 unspecified atom stereocenters. The first-order valence-corrected chi connectivity index (χ1v) is 7.84. The maximum absolute atomic E-state index is 12.9. The third-order valence-corrected chi connectivity index (χ3v) is 4.86. The molecule has 0 radical (unpaired) electrons. The molecule has 0 bridgehead atoms. The quantitative estimate of drug-likeness (QED) is 0.940. The molecular formula is C16H19FN2S. The maximum Gasteiger partial charge on any atom is 0.123 e. The van der Waals surface area contributed by atoms with Gasteiger partial charge in [0.15, 0.2) is 0 Å². The molecule has 3 rings (SSSR count). The van der Waals surface area contributed by atoms with E-state index >= 15 is 0 Å². The third-order valence-electron chi connectivity index (χ3n) is 3.82. The highest BCUT2D eigenvalue weighted by Gasteiger charge is 2.26. The predicted octanol–water partition coefficient (Wildman–Crippen LogP) is 3.20. The largest absolute Gasteiger partial charge is 0.327 e. The molecule has 1 fully saturated rings. The van der Waals surface area contributed by atoms with Crippen LogP contribution in [0.1, 0.15) is 22.8 Å². The van der Waals surface area contributed by atoms with Crippen molar-refractivity contribution in [1.82, 2.24) is 4.90 Å². The Morgan fingerprint density at radius 3 is 2.70 bits per heavy atom. The van der Waals surface area contributed by atoms with Crippen LogP contribution < -0.4 is 5.73 Å². The van der Waals surface area contributed by atoms with Crippen molar-refractivity contribution in [2.75, 3.05) is 13.1 Å². The van der Waals surface area contributed by atoms with Crippen molar-refractivity contribution in [3.8, 4) is 0 Å². The lowest BCUT2D eigenvalue weighted by Gasteiger charge is -2.36. The first kappa shape index (κ1) is 13.7. The lowest BCUT2D eigenvalue weighted by Crippen LogP contribution is -2.45. The summed E-state index contributed by atoms with van der Waals surface area (Å²) in [7, 11) is 0. The standard InChI is InChI=1S/C16H19FN2S/c17-14-5-3-12(4-6-14)9-19-10-13(8-15(18)11-19)16-2-1-7-20-16/h1-7,13,15H,8-11,18H2. The van der Waals surface area contributed by atoms with Crippen LogP contribution in [-0.4, -0.2) is 24.0 Å². The topological polar surface area (TPSA) is 29.3 Å². The van der Waals surface area contributed by atoms with Crippen LogP contribution >= 0.6 is 11.3 Å². The zero-order chi connectivity index (χ0) is 13.9. The molecule has 1 aliphatic heterocycles. The van der Waals surface area contributed by atoms with Gasteiger partial charge in [0.2, 0.25) is 0 Å². The number of rotatable bonds is 3. The molecular weight excluding hydrogens is 271 g/mol. The molecule has 0 aliphatic carbocycles. The second-order valence-corrected chi connectivity index (χ2v) is 6.51. The SMILES string of the molecule is NC1CC(c2cccs2)CN(Cc2ccc(F)cc2)C1. The van der Waals surface area contributed by atoms with Crippen molar-refractivity contribution in [3.63, 3.8) is 0 Å². The van der Waals surface area contributed by atoms with E-state index < -0.39 is 0 Å². The minimum absolute atomic E-state index is 0.180. The van der Waals surface area contributed by atoms with Gasteiger partial charge in [-0.1, -0.05) is 18.2 Å². The Labute approximate surface area is 123 Å². The molecule has 0 spiro atoms. The van der Waals surface area contributed by atoms with Crippen molar-refractivity contribution in [2.45, 2.75) is 24.9 Å². The highest BCUT2D eigenvalue weighted by atomic mass is 32.1. The lowest BCUT2D eigenvalue weighted by atomic mass is 9.93. The Morgan fingerprint density at radius 1 is 1.20 bits per heavy atom. The van der Waals surface area contributed by atoms with E-state index in [2.05, 4.69) is 22.4 Å². The molecule has 1 aliphatic rings. The van der Waals surface area contributed by atoms with Crippen molar-refractivity contribution >= 4 is 11.3 Å². The van der Waals surface area contributed by atoms with Gasteiger partial charge in [-0.05, 0) is 35.6 Å². The summed E-state index contributed by atoms with van der Waals surface area (Å²) in [5.74, 6) is 0.347. The molecule has 20 heavy (non-hydrogen) atoms. The van der Waals surface area contributed by atoms with Crippen molar-refractivity contribution < 1.29 is 4.39 Å². The molecule has 2 heterocycles. The van der Waals surface area contributed by atoms with Crippen molar-refractivity contribution in [3.05, 3.63) is 58.0 Å². The van der Waals surface area contributed by atoms with E-state index in [9.17, 15) is 4.39 Å². The van der Waals surface area contributed by atoms with Gasteiger partial charge in [-0.3, -0.25) is 4.90 Å². The molecule has 0 saturated carbocycles. The van der Waals surface area contributed by atoms with Crippen LogP contribution in [-0.2, 0) is 6.54 Å². The third kappa shape index (κ3) is 3.26. The molecule has 0 amide bonds. The van der Waals surface area contributed by atoms with E-state index in [0.717, 1.165) is 31.6 Å². The van der Waals surface area contributed by atoms with Gasteiger partial charge in [0.05, 0.1) is 0 Å². The highest BCUT2D eigenvalue weighted by Crippen LogP contribution is 2.30. The smallest absolute Gasteiger partial charge is 0.123 e. The number of hydrogen-bond acceptors (Lipinski definition) is 3. The van der Waals surface area contributed by atoms with Gasteiger partial charge in [0.1, 0.15) is 5.82 Å². The molecule has 2 N–H and O–H groups in total. The lowest BCUT2D eigenvalue weighted by molar-refractivity contribution is 0.182. The van der Waals surface area contributed by atoms with E-state index in [-0.39, 0.29) is 11.9 Å². The molecule has 1 saturated heterocycles. The van der Waals surface area contributed by atoms with Gasteiger partial charge in [0.25, 0.3) is 0 Å². The zero-order valence-electron chi connectivity index (χ0n) is 11.3. The van der Waals surface area contributed by atoms with Gasteiger partial charge < -0.3 is 5.73 Å². The summed E-state index contributed by atoms with van der Waals surface area (Å²) >= 11 is 1.81. The summed E-state index contributed by atoms with van der Waals surface area (Å²) in [6.45, 7) is 2.79. The van der Waals surface area contributed by atoms with Crippen LogP contribution in [0.2, 0.25) is 0 Å². The predicted molar refractivity (Wildman–Crippen MR) is 81.3 cm³/mol. The molecule has 4 heteroatoms. The minimum Gasteiger partial charge on any atom is -0.327 e. The molecule has 1 aromatic heterocycles. The summed E-state index contributed by atoms with van der Waals surface area (Å²) in [4.78, 5) is 3.80. The average molecular weight is 290 g/mol. The summed E-state index contributed by atoms with van der Waals surface area (Å²) in [6, 6.07) is 11.3. The highest BCUT2D eigenvalue weighted by molar-refractivity contribution is 7.10. The van der Waals surface area contributed by atoms with E-state index in [1.165, 1.54) is 17.0 Å². The number of halogens is 1. The Hall–Kier alpha value is -1.23. The number of benzene rings is 1. The van der Waals surface area contributed by atoms with E-state index in [0.29, 0.717) is 5.92 Å². The second-order valence-electron chi connectivity index (χ2n) is 5.53. The summed E-state index contributed by atoms with van der Waals surface area (Å²) in [5.41, 5.74) is 7.35. The van der Waals surface area contributed by atoms with Gasteiger partial charge in [-0.2, -0.15) is 0 Å². The first-order chi connectivity index (χ1) is 9.70. The maximum atomic E-state index is 12.9. The van der Waals surface area contributed by atoms with Crippen LogP contribution in [0, 0.1) is 5.82 Å². The number of piperidine rings is 1. The van der Waals surface area contributed by atoms with Crippen molar-refractivity contribution in [2.24, 2.45) is 5.73 Å². The fraction of sp³-hybridized carbons (Fsp3) is 0.375. The summed E-state index contributed by atoms with van der Waals surface area (Å²) < 4.78 is 12.9. The minimum atomic E-state index is -0.180. The normalized spacial score (nSPS) is 23.9. The number of nitrogens with zero attached hydrogens (tertiary/aromatic N) is 1. The molecule has 2 aromatic rings. The summed E-state index contributed by atoms with van der Waals surface area (Å²) in [6.07, 6.45) is 1.06. The second kappa shape index (κ2) is 6.04. The van der Waals surface area contributed by atoms with Gasteiger partial charge in [-0.25, -0.2) is 4.39 Å². The molecule has 1 aromatic carbocycles. The van der Waals surface area contributed by atoms with Crippen LogP contribution in [0.4, 0.5) is 4.39 Å². The van der Waals surface area contributed by atoms with E-state index in [4.69, 9.17) is 5.73 Å². The number of thiophene rings is 1. The van der Waals surface area contributed by atoms with E-state index in [1.54, 1.807) is 0 Å². The zero-order valence-corrected chi connectivity index (χ0v) is 12.2. The Morgan fingerprint density at radius 2 is 2.00 bits per heavy atom. The average Bonchev–Trinajstić information content (AvgIpc) is 2.95. The van der Waals surface area contributed by atoms with E-state index in [1.807, 2.05) is 23.5 Å². The first-order valence-electron chi connectivity index (χ1n) is 6.96. The van der Waals surface area contributed by atoms with Gasteiger partial charge >= 0.3 is 0 Å². The fourth-order valence-electron chi connectivity index (χ4n) is 2.94. The number of nitrogens with two attached hydrogens (primary N) is 1. The fourth-order valence-corrected chi connectivity index (χ4v) is 3.77. The van der Waals surface area contributed by atoms with Gasteiger partial charge in [-0.15, -0.1) is 11.3 Å². The number of hydrogen-bond donors (Lipinski definition) is 1. The summed E-state index contributed by atoms with van der Waals surface area (Å²) in [5, 5.41) is 2.12. The Balaban J connectivity index is 1.68. The number of likely N-dealkylation sites (tertiary alicyclic amines) is 1. The van der Waals surface area contributed by atoms with Crippen LogP contribution in [0.15, 0.2) is 41.8 Å².